The van der Waals surface area contributed by atoms with E-state index in [0.717, 1.165) is 33.2 Å². The zero-order valence-corrected chi connectivity index (χ0v) is 21.0. The van der Waals surface area contributed by atoms with Crippen molar-refractivity contribution in [2.45, 2.75) is 43.2 Å². The van der Waals surface area contributed by atoms with E-state index in [4.69, 9.17) is 14.2 Å². The highest BCUT2D eigenvalue weighted by molar-refractivity contribution is 7.99. The summed E-state index contributed by atoms with van der Waals surface area (Å²) >= 11 is 1.66. The monoisotopic (exact) mass is 509 g/mol. The van der Waals surface area contributed by atoms with Gasteiger partial charge in [0.25, 0.3) is 0 Å². The molecule has 3 aromatic rings. The van der Waals surface area contributed by atoms with E-state index in [1.54, 1.807) is 18.0 Å². The van der Waals surface area contributed by atoms with Crippen LogP contribution in [-0.2, 0) is 34.4 Å². The largest absolute Gasteiger partial charge is 0.445 e. The van der Waals surface area contributed by atoms with Gasteiger partial charge in [-0.1, -0.05) is 72.9 Å². The summed E-state index contributed by atoms with van der Waals surface area (Å²) in [4.78, 5) is 16.1. The van der Waals surface area contributed by atoms with Crippen molar-refractivity contribution in [1.82, 2.24) is 14.9 Å². The molecule has 8 nitrogen and oxygen atoms in total. The summed E-state index contributed by atoms with van der Waals surface area (Å²) in [6.07, 6.45) is 4.73. The van der Waals surface area contributed by atoms with Gasteiger partial charge in [0.1, 0.15) is 6.61 Å². The maximum absolute atomic E-state index is 11.7. The lowest BCUT2D eigenvalue weighted by molar-refractivity contribution is -0.245. The first kappa shape index (κ1) is 26.0. The molecule has 2 heterocycles. The number of aliphatic hydroxyl groups is 1. The van der Waals surface area contributed by atoms with Gasteiger partial charge in [0.15, 0.2) is 11.4 Å². The summed E-state index contributed by atoms with van der Waals surface area (Å²) in [5.74, 6) is 0.741. The molecule has 190 valence electrons. The third kappa shape index (κ3) is 6.98. The molecule has 1 aliphatic rings. The maximum Gasteiger partial charge on any atom is 0.407 e. The first-order chi connectivity index (χ1) is 17.6. The summed E-state index contributed by atoms with van der Waals surface area (Å²) < 4.78 is 19.7. The van der Waals surface area contributed by atoms with Crippen molar-refractivity contribution < 1.29 is 24.1 Å². The number of nitrogens with zero attached hydrogens (tertiary/aromatic N) is 2. The first-order valence-electron chi connectivity index (χ1n) is 11.8. The van der Waals surface area contributed by atoms with Gasteiger partial charge in [0, 0.05) is 43.7 Å². The molecule has 0 aliphatic carbocycles. The van der Waals surface area contributed by atoms with Crippen LogP contribution in [0.5, 0.6) is 0 Å². The minimum Gasteiger partial charge on any atom is -0.445 e. The Bertz CT molecular complexity index is 1130. The summed E-state index contributed by atoms with van der Waals surface area (Å²) in [6.45, 7) is 4.06. The van der Waals surface area contributed by atoms with Crippen molar-refractivity contribution in [3.63, 3.8) is 0 Å². The molecule has 0 spiro atoms. The number of thioether (sulfide) groups is 1. The van der Waals surface area contributed by atoms with E-state index in [0.29, 0.717) is 13.0 Å². The second kappa shape index (κ2) is 12.7. The molecule has 2 N–H and O–H groups in total. The quantitative estimate of drug-likeness (QED) is 0.303. The molecule has 2 aromatic carbocycles. The highest BCUT2D eigenvalue weighted by Crippen LogP contribution is 2.39. The lowest BCUT2D eigenvalue weighted by atomic mass is 10.0. The van der Waals surface area contributed by atoms with Crippen LogP contribution < -0.4 is 5.32 Å². The van der Waals surface area contributed by atoms with E-state index in [1.807, 2.05) is 66.3 Å². The number of hydrogen-bond donors (Lipinski definition) is 2. The molecular weight excluding hydrogens is 478 g/mol. The number of hydrogen-bond acceptors (Lipinski definition) is 7. The highest BCUT2D eigenvalue weighted by Gasteiger charge is 2.32. The minimum absolute atomic E-state index is 0.00759. The Morgan fingerprint density at radius 2 is 1.92 bits per heavy atom. The molecule has 1 aliphatic heterocycles. The van der Waals surface area contributed by atoms with E-state index < -0.39 is 12.4 Å². The van der Waals surface area contributed by atoms with Gasteiger partial charge in [-0.25, -0.2) is 9.78 Å². The van der Waals surface area contributed by atoms with Crippen LogP contribution in [-0.4, -0.2) is 39.2 Å². The topological polar surface area (TPSA) is 94.8 Å². The van der Waals surface area contributed by atoms with Crippen LogP contribution in [0.2, 0.25) is 0 Å². The van der Waals surface area contributed by atoms with Gasteiger partial charge in [0.2, 0.25) is 0 Å². The van der Waals surface area contributed by atoms with Crippen LogP contribution in [0.15, 0.2) is 78.7 Å². The number of aliphatic hydroxyl groups excluding tert-OH is 1. The normalized spacial score (nSPS) is 19.6. The van der Waals surface area contributed by atoms with Gasteiger partial charge in [-0.05, 0) is 16.7 Å². The first-order valence-corrected chi connectivity index (χ1v) is 12.8. The molecule has 4 rings (SSSR count). The van der Waals surface area contributed by atoms with E-state index in [9.17, 15) is 9.90 Å². The van der Waals surface area contributed by atoms with Crippen LogP contribution in [0.1, 0.15) is 41.1 Å². The lowest BCUT2D eigenvalue weighted by Gasteiger charge is -2.36. The molecule has 36 heavy (non-hydrogen) atoms. The minimum atomic E-state index is -0.534. The number of imidazole rings is 1. The number of amides is 1. The van der Waals surface area contributed by atoms with Crippen molar-refractivity contribution in [2.24, 2.45) is 7.05 Å². The van der Waals surface area contributed by atoms with Crippen LogP contribution >= 0.6 is 11.8 Å². The predicted octanol–water partition coefficient (Wildman–Crippen LogP) is 4.66. The molecule has 1 aromatic heterocycles. The Kier molecular flexibility index (Phi) is 9.18. The molecular formula is C27H31N3O5S. The predicted molar refractivity (Wildman–Crippen MR) is 137 cm³/mol. The summed E-state index contributed by atoms with van der Waals surface area (Å²) in [6, 6.07) is 15.6. The smallest absolute Gasteiger partial charge is 0.407 e. The van der Waals surface area contributed by atoms with E-state index in [1.165, 1.54) is 6.08 Å². The Labute approximate surface area is 215 Å². The number of aromatic nitrogens is 2. The Hall–Kier alpha value is -3.11. The zero-order valence-electron chi connectivity index (χ0n) is 20.2. The fourth-order valence-corrected chi connectivity index (χ4v) is 4.78. The second-order valence-corrected chi connectivity index (χ2v) is 9.45. The Morgan fingerprint density at radius 1 is 1.19 bits per heavy atom. The number of carbonyl (C=O) groups is 1. The summed E-state index contributed by atoms with van der Waals surface area (Å²) in [7, 11) is 1.98. The van der Waals surface area contributed by atoms with Crippen molar-refractivity contribution in [1.29, 1.82) is 0 Å². The Morgan fingerprint density at radius 3 is 2.58 bits per heavy atom. The lowest BCUT2D eigenvalue weighted by Crippen LogP contribution is -2.31. The number of nitrogens with one attached hydrogen (secondary N) is 1. The number of benzene rings is 2. The van der Waals surface area contributed by atoms with Gasteiger partial charge in [0.05, 0.1) is 18.8 Å². The molecule has 0 saturated carbocycles. The molecule has 0 bridgehead atoms. The average molecular weight is 510 g/mol. The fourth-order valence-electron chi connectivity index (χ4n) is 3.83. The SMILES string of the molecule is C=CCOC(=O)NCc1ccc([C@@H]2O[C@H](CSc3nccn3C)C[C@H](c3ccc(CO)cc3)O2)cc1. The van der Waals surface area contributed by atoms with Gasteiger partial charge in [-0.3, -0.25) is 0 Å². The second-order valence-electron chi connectivity index (χ2n) is 8.46. The third-order valence-electron chi connectivity index (χ3n) is 5.81. The van der Waals surface area contributed by atoms with E-state index in [-0.39, 0.29) is 25.4 Å². The molecule has 1 amide bonds. The summed E-state index contributed by atoms with van der Waals surface area (Å²) in [5.41, 5.74) is 3.74. The number of aryl methyl sites for hydroxylation is 1. The average Bonchev–Trinajstić information content (AvgIpc) is 3.34. The number of rotatable bonds is 10. The van der Waals surface area contributed by atoms with Gasteiger partial charge in [-0.15, -0.1) is 0 Å². The van der Waals surface area contributed by atoms with Gasteiger partial charge in [-0.2, -0.15) is 0 Å². The van der Waals surface area contributed by atoms with Crippen molar-refractivity contribution in [3.05, 3.63) is 95.8 Å². The van der Waals surface area contributed by atoms with Gasteiger partial charge >= 0.3 is 6.09 Å². The third-order valence-corrected chi connectivity index (χ3v) is 7.00. The molecule has 1 fully saturated rings. The maximum atomic E-state index is 11.7. The number of ether oxygens (including phenoxy) is 3. The number of alkyl carbamates (subject to hydrolysis) is 1. The molecule has 0 unspecified atom stereocenters. The van der Waals surface area contributed by atoms with Crippen LogP contribution in [0.4, 0.5) is 4.79 Å². The van der Waals surface area contributed by atoms with Gasteiger partial charge < -0.3 is 29.2 Å². The molecule has 9 heteroatoms. The van der Waals surface area contributed by atoms with E-state index in [2.05, 4.69) is 16.9 Å². The molecule has 1 saturated heterocycles. The van der Waals surface area contributed by atoms with E-state index >= 15 is 0 Å². The molecule has 3 atom stereocenters. The van der Waals surface area contributed by atoms with Crippen molar-refractivity contribution in [3.8, 4) is 0 Å². The standard InChI is InChI=1S/C27H31N3O5S/c1-3-14-33-27(32)29-16-19-4-10-22(11-5-19)25-34-23(18-36-26-28-12-13-30(26)2)15-24(35-25)21-8-6-20(17-31)7-9-21/h3-13,23-25,31H,1,14-18H2,2H3,(H,29,32)/t23-,24+,25+/m0/s1. The Balaban J connectivity index is 1.45. The summed E-state index contributed by atoms with van der Waals surface area (Å²) in [5, 5.41) is 13.0. The number of carbonyl (C=O) groups excluding carboxylic acids is 1. The van der Waals surface area contributed by atoms with Crippen LogP contribution in [0, 0.1) is 0 Å². The van der Waals surface area contributed by atoms with Crippen LogP contribution in [0.25, 0.3) is 0 Å². The zero-order chi connectivity index (χ0) is 25.3. The van der Waals surface area contributed by atoms with Crippen molar-refractivity contribution >= 4 is 17.9 Å². The van der Waals surface area contributed by atoms with Crippen LogP contribution in [0.3, 0.4) is 0 Å². The fraction of sp³-hybridized carbons (Fsp3) is 0.333. The van der Waals surface area contributed by atoms with Crippen molar-refractivity contribution in [2.75, 3.05) is 12.4 Å². The molecule has 0 radical (unpaired) electrons. The highest BCUT2D eigenvalue weighted by atomic mass is 32.2.